The monoisotopic (exact) mass is 170 g/mol. The molecule has 0 spiro atoms. The fourth-order valence-corrected chi connectivity index (χ4v) is 2.02. The molecule has 0 aromatic rings. The molecular formula is C10H18O2. The first-order chi connectivity index (χ1) is 5.42. The third kappa shape index (κ3) is 2.07. The highest BCUT2D eigenvalue weighted by Gasteiger charge is 2.35. The van der Waals surface area contributed by atoms with Crippen LogP contribution in [0.25, 0.3) is 0 Å². The molecule has 1 N–H and O–H groups in total. The molecule has 0 saturated heterocycles. The van der Waals surface area contributed by atoms with Crippen LogP contribution in [-0.2, 0) is 4.79 Å². The van der Waals surface area contributed by atoms with Gasteiger partial charge in [-0.15, -0.1) is 0 Å². The topological polar surface area (TPSA) is 37.3 Å². The van der Waals surface area contributed by atoms with E-state index < -0.39 is 6.10 Å². The highest BCUT2D eigenvalue weighted by molar-refractivity contribution is 5.78. The van der Waals surface area contributed by atoms with Crippen molar-refractivity contribution < 1.29 is 9.90 Å². The summed E-state index contributed by atoms with van der Waals surface area (Å²) in [4.78, 5) is 11.1. The summed E-state index contributed by atoms with van der Waals surface area (Å²) in [6, 6.07) is 0. The Kier molecular flexibility index (Phi) is 2.57. The van der Waals surface area contributed by atoms with Gasteiger partial charge in [-0.25, -0.2) is 0 Å². The maximum absolute atomic E-state index is 11.1. The van der Waals surface area contributed by atoms with Crippen molar-refractivity contribution in [3.63, 3.8) is 0 Å². The Balaban J connectivity index is 2.60. The molecule has 1 rings (SSSR count). The highest BCUT2D eigenvalue weighted by Crippen LogP contribution is 2.38. The van der Waals surface area contributed by atoms with Gasteiger partial charge in [-0.3, -0.25) is 4.79 Å². The molecule has 0 unspecified atom stereocenters. The zero-order valence-corrected chi connectivity index (χ0v) is 8.13. The first-order valence-corrected chi connectivity index (χ1v) is 4.61. The molecular weight excluding hydrogens is 152 g/mol. The molecule has 2 nitrogen and oxygen atoms in total. The SMILES string of the molecule is CC(=O)[C@H]1CCC(C)(C)C[C@@H]1O. The molecule has 1 fully saturated rings. The second-order valence-corrected chi connectivity index (χ2v) is 4.69. The highest BCUT2D eigenvalue weighted by atomic mass is 16.3. The number of carbonyl (C=O) groups excluding carboxylic acids is 1. The average Bonchev–Trinajstić information content (AvgIpc) is 1.83. The number of hydrogen-bond donors (Lipinski definition) is 1. The van der Waals surface area contributed by atoms with Gasteiger partial charge in [0.25, 0.3) is 0 Å². The van der Waals surface area contributed by atoms with Crippen LogP contribution in [0.4, 0.5) is 0 Å². The van der Waals surface area contributed by atoms with Crippen molar-refractivity contribution in [1.29, 1.82) is 0 Å². The Morgan fingerprint density at radius 2 is 2.08 bits per heavy atom. The number of aliphatic hydroxyl groups excluding tert-OH is 1. The molecule has 1 saturated carbocycles. The van der Waals surface area contributed by atoms with Crippen LogP contribution >= 0.6 is 0 Å². The molecule has 1 aliphatic carbocycles. The van der Waals surface area contributed by atoms with Gasteiger partial charge in [-0.2, -0.15) is 0 Å². The molecule has 0 amide bonds. The lowest BCUT2D eigenvalue weighted by Crippen LogP contribution is -2.37. The molecule has 0 radical (unpaired) electrons. The third-order valence-corrected chi connectivity index (χ3v) is 2.88. The molecule has 12 heavy (non-hydrogen) atoms. The summed E-state index contributed by atoms with van der Waals surface area (Å²) >= 11 is 0. The number of carbonyl (C=O) groups is 1. The fourth-order valence-electron chi connectivity index (χ4n) is 2.02. The molecule has 70 valence electrons. The van der Waals surface area contributed by atoms with E-state index in [1.54, 1.807) is 6.92 Å². The summed E-state index contributed by atoms with van der Waals surface area (Å²) in [7, 11) is 0. The van der Waals surface area contributed by atoms with E-state index in [9.17, 15) is 9.90 Å². The summed E-state index contributed by atoms with van der Waals surface area (Å²) < 4.78 is 0. The van der Waals surface area contributed by atoms with Crippen LogP contribution in [0.2, 0.25) is 0 Å². The van der Waals surface area contributed by atoms with Gasteiger partial charge in [0.15, 0.2) is 0 Å². The summed E-state index contributed by atoms with van der Waals surface area (Å²) in [5.41, 5.74) is 0.214. The van der Waals surface area contributed by atoms with Crippen molar-refractivity contribution in [3.05, 3.63) is 0 Å². The number of Topliss-reactive ketones (excluding diaryl/α,β-unsaturated/α-hetero) is 1. The van der Waals surface area contributed by atoms with Crippen molar-refractivity contribution in [2.45, 2.75) is 46.1 Å². The van der Waals surface area contributed by atoms with Gasteiger partial charge in [-0.1, -0.05) is 13.8 Å². The van der Waals surface area contributed by atoms with E-state index in [1.165, 1.54) is 0 Å². The van der Waals surface area contributed by atoms with E-state index in [2.05, 4.69) is 13.8 Å². The Hall–Kier alpha value is -0.370. The Bertz CT molecular complexity index is 184. The molecule has 0 bridgehead atoms. The minimum atomic E-state index is -0.411. The van der Waals surface area contributed by atoms with E-state index in [1.807, 2.05) is 0 Å². The summed E-state index contributed by atoms with van der Waals surface area (Å²) in [5.74, 6) is 0.0380. The van der Waals surface area contributed by atoms with E-state index in [4.69, 9.17) is 0 Å². The lowest BCUT2D eigenvalue weighted by molar-refractivity contribution is -0.127. The van der Waals surface area contributed by atoms with Crippen molar-refractivity contribution in [3.8, 4) is 0 Å². The van der Waals surface area contributed by atoms with Gasteiger partial charge in [0.05, 0.1) is 6.10 Å². The Morgan fingerprint density at radius 3 is 2.50 bits per heavy atom. The van der Waals surface area contributed by atoms with Gasteiger partial charge in [0.2, 0.25) is 0 Å². The smallest absolute Gasteiger partial charge is 0.135 e. The van der Waals surface area contributed by atoms with E-state index in [-0.39, 0.29) is 17.1 Å². The summed E-state index contributed by atoms with van der Waals surface area (Å²) in [6.07, 6.45) is 2.25. The average molecular weight is 170 g/mol. The zero-order chi connectivity index (χ0) is 9.35. The molecule has 2 heteroatoms. The minimum Gasteiger partial charge on any atom is -0.392 e. The van der Waals surface area contributed by atoms with Gasteiger partial charge in [-0.05, 0) is 31.6 Å². The summed E-state index contributed by atoms with van der Waals surface area (Å²) in [6.45, 7) is 5.87. The predicted octanol–water partition coefficient (Wildman–Crippen LogP) is 1.76. The minimum absolute atomic E-state index is 0.0991. The van der Waals surface area contributed by atoms with Gasteiger partial charge in [0, 0.05) is 5.92 Å². The lowest BCUT2D eigenvalue weighted by atomic mass is 9.70. The predicted molar refractivity (Wildman–Crippen MR) is 47.8 cm³/mol. The first kappa shape index (κ1) is 9.72. The lowest BCUT2D eigenvalue weighted by Gasteiger charge is -2.37. The van der Waals surface area contributed by atoms with Gasteiger partial charge >= 0.3 is 0 Å². The van der Waals surface area contributed by atoms with Crippen molar-refractivity contribution in [2.75, 3.05) is 0 Å². The maximum Gasteiger partial charge on any atom is 0.135 e. The van der Waals surface area contributed by atoms with Crippen LogP contribution in [0.3, 0.4) is 0 Å². The second kappa shape index (κ2) is 3.17. The first-order valence-electron chi connectivity index (χ1n) is 4.61. The number of rotatable bonds is 1. The number of hydrogen-bond acceptors (Lipinski definition) is 2. The second-order valence-electron chi connectivity index (χ2n) is 4.69. The Morgan fingerprint density at radius 1 is 1.50 bits per heavy atom. The van der Waals surface area contributed by atoms with Crippen LogP contribution < -0.4 is 0 Å². The Labute approximate surface area is 74.0 Å². The molecule has 2 atom stereocenters. The number of aliphatic hydroxyl groups is 1. The standard InChI is InChI=1S/C10H18O2/c1-7(11)8-4-5-10(2,3)6-9(8)12/h8-9,12H,4-6H2,1-3H3/t8-,9+/m1/s1. The molecule has 0 heterocycles. The van der Waals surface area contributed by atoms with Gasteiger partial charge in [0.1, 0.15) is 5.78 Å². The van der Waals surface area contributed by atoms with Crippen LogP contribution in [0, 0.1) is 11.3 Å². The fraction of sp³-hybridized carbons (Fsp3) is 0.900. The van der Waals surface area contributed by atoms with Crippen LogP contribution in [0.5, 0.6) is 0 Å². The van der Waals surface area contributed by atoms with Crippen LogP contribution in [0.15, 0.2) is 0 Å². The van der Waals surface area contributed by atoms with E-state index in [0.29, 0.717) is 0 Å². The van der Waals surface area contributed by atoms with E-state index in [0.717, 1.165) is 19.3 Å². The molecule has 0 aromatic carbocycles. The largest absolute Gasteiger partial charge is 0.392 e. The van der Waals surface area contributed by atoms with Crippen molar-refractivity contribution in [1.82, 2.24) is 0 Å². The number of ketones is 1. The molecule has 1 aliphatic rings. The van der Waals surface area contributed by atoms with Crippen molar-refractivity contribution >= 4 is 5.78 Å². The van der Waals surface area contributed by atoms with Gasteiger partial charge < -0.3 is 5.11 Å². The molecule has 0 aliphatic heterocycles. The van der Waals surface area contributed by atoms with Crippen LogP contribution in [0.1, 0.15) is 40.0 Å². The normalized spacial score (nSPS) is 34.7. The molecule has 0 aromatic heterocycles. The maximum atomic E-state index is 11.1. The third-order valence-electron chi connectivity index (χ3n) is 2.88. The zero-order valence-electron chi connectivity index (χ0n) is 8.13. The van der Waals surface area contributed by atoms with Crippen LogP contribution in [-0.4, -0.2) is 17.0 Å². The van der Waals surface area contributed by atoms with E-state index >= 15 is 0 Å². The quantitative estimate of drug-likeness (QED) is 0.651. The van der Waals surface area contributed by atoms with Crippen molar-refractivity contribution in [2.24, 2.45) is 11.3 Å². The summed E-state index contributed by atoms with van der Waals surface area (Å²) in [5, 5.41) is 9.65.